The first-order valence-electron chi connectivity index (χ1n) is 11.3. The Morgan fingerprint density at radius 2 is 1.90 bits per heavy atom. The van der Waals surface area contributed by atoms with Crippen molar-refractivity contribution in [2.24, 2.45) is 7.05 Å². The first kappa shape index (κ1) is 26.6. The molecule has 0 N–H and O–H groups in total. The molecule has 0 saturated heterocycles. The van der Waals surface area contributed by atoms with Crippen molar-refractivity contribution in [1.29, 1.82) is 10.5 Å². The second kappa shape index (κ2) is 9.62. The molecule has 0 atom stereocenters. The van der Waals surface area contributed by atoms with Crippen LogP contribution in [0.3, 0.4) is 0 Å². The number of methoxy groups -OCH3 is 1. The predicted octanol–water partition coefficient (Wildman–Crippen LogP) is 4.11. The maximum absolute atomic E-state index is 14.2. The Morgan fingerprint density at radius 1 is 1.15 bits per heavy atom. The number of fused-ring (bicyclic) bond motifs is 2. The molecule has 5 aromatic rings. The van der Waals surface area contributed by atoms with Gasteiger partial charge in [0.15, 0.2) is 11.6 Å². The largest absolute Gasteiger partial charge is 0.494 e. The fourth-order valence-electron chi connectivity index (χ4n) is 4.45. The minimum absolute atomic E-state index is 0.00920. The number of aryl methyl sites for hydroxylation is 2. The van der Waals surface area contributed by atoms with E-state index in [1.165, 1.54) is 19.2 Å². The van der Waals surface area contributed by atoms with Gasteiger partial charge in [-0.3, -0.25) is 14.3 Å². The highest BCUT2D eigenvalue weighted by molar-refractivity contribution is 7.22. The number of imidazole rings is 1. The fraction of sp³-hybridized carbons (Fsp3) is 0.200. The molecule has 4 aromatic heterocycles. The van der Waals surface area contributed by atoms with Gasteiger partial charge in [-0.1, -0.05) is 0 Å². The number of alkyl halides is 3. The summed E-state index contributed by atoms with van der Waals surface area (Å²) in [5.41, 5.74) is -2.04. The third-order valence-electron chi connectivity index (χ3n) is 6.20. The van der Waals surface area contributed by atoms with Gasteiger partial charge in [-0.2, -0.15) is 23.7 Å². The standard InChI is InChI=1S/C25H15F4N7O3S/c1-34-20-15(33-23(34)25(27,28)29)10-32-11-17(20)36-22(37)21-16(35(24(36)38)5-3-4-30)8-19(40-21)13-7-18(39-2)14(26)6-12(13)9-31/h6-8,10-11H,3,5H2,1-2H3. The van der Waals surface area contributed by atoms with Crippen molar-refractivity contribution in [2.75, 3.05) is 7.11 Å². The van der Waals surface area contributed by atoms with E-state index in [0.717, 1.165) is 46.0 Å². The van der Waals surface area contributed by atoms with Crippen molar-refractivity contribution < 1.29 is 22.3 Å². The lowest BCUT2D eigenvalue weighted by molar-refractivity contribution is -0.146. The Balaban J connectivity index is 1.87. The van der Waals surface area contributed by atoms with Crippen LogP contribution < -0.4 is 16.0 Å². The summed E-state index contributed by atoms with van der Waals surface area (Å²) in [5, 5.41) is 18.8. The maximum atomic E-state index is 14.2. The number of ether oxygens (including phenoxy) is 1. The normalized spacial score (nSPS) is 11.6. The second-order valence-electron chi connectivity index (χ2n) is 8.47. The van der Waals surface area contributed by atoms with Crippen molar-refractivity contribution >= 4 is 32.6 Å². The molecule has 1 aromatic carbocycles. The molecule has 0 amide bonds. The average Bonchev–Trinajstić information content (AvgIpc) is 3.51. The Kier molecular flexibility index (Phi) is 6.39. The Morgan fingerprint density at radius 3 is 2.55 bits per heavy atom. The SMILES string of the molecule is COc1cc(-c2cc3c(s2)c(=O)n(-c2cncc4nc(C(F)(F)F)n(C)c24)c(=O)n3CCC#N)c(C#N)cc1F. The number of hydrogen-bond acceptors (Lipinski definition) is 8. The zero-order valence-corrected chi connectivity index (χ0v) is 21.4. The van der Waals surface area contributed by atoms with Crippen LogP contribution in [0.2, 0.25) is 0 Å². The molecule has 15 heteroatoms. The molecule has 0 aliphatic heterocycles. The monoisotopic (exact) mass is 569 g/mol. The van der Waals surface area contributed by atoms with Gasteiger partial charge in [-0.05, 0) is 18.2 Å². The molecular formula is C25H15F4N7O3S. The van der Waals surface area contributed by atoms with Crippen LogP contribution in [-0.2, 0) is 19.8 Å². The van der Waals surface area contributed by atoms with Crippen molar-refractivity contribution in [2.45, 2.75) is 19.1 Å². The summed E-state index contributed by atoms with van der Waals surface area (Å²) < 4.78 is 62.6. The van der Waals surface area contributed by atoms with Crippen LogP contribution in [0, 0.1) is 28.5 Å². The number of thiophene rings is 1. The summed E-state index contributed by atoms with van der Waals surface area (Å²) in [6.45, 7) is -0.150. The number of rotatable bonds is 5. The Bertz CT molecular complexity index is 2040. The topological polar surface area (TPSA) is 132 Å². The number of nitrogens with zero attached hydrogens (tertiary/aromatic N) is 7. The van der Waals surface area contributed by atoms with E-state index in [1.807, 2.05) is 12.1 Å². The molecular weight excluding hydrogens is 554 g/mol. The highest BCUT2D eigenvalue weighted by Crippen LogP contribution is 2.37. The minimum Gasteiger partial charge on any atom is -0.494 e. The molecule has 0 bridgehead atoms. The third kappa shape index (κ3) is 4.07. The molecule has 40 heavy (non-hydrogen) atoms. The van der Waals surface area contributed by atoms with Crippen molar-refractivity contribution in [1.82, 2.24) is 23.7 Å². The molecule has 4 heterocycles. The van der Waals surface area contributed by atoms with Gasteiger partial charge in [0.05, 0.1) is 60.3 Å². The summed E-state index contributed by atoms with van der Waals surface area (Å²) in [7, 11) is 2.35. The molecule has 0 aliphatic rings. The van der Waals surface area contributed by atoms with E-state index in [0.29, 0.717) is 9.44 Å². The van der Waals surface area contributed by atoms with Crippen LogP contribution in [0.15, 0.2) is 40.2 Å². The van der Waals surface area contributed by atoms with Crippen LogP contribution in [0.25, 0.3) is 37.4 Å². The van der Waals surface area contributed by atoms with Gasteiger partial charge in [0.2, 0.25) is 5.82 Å². The number of aromatic nitrogens is 5. The van der Waals surface area contributed by atoms with Gasteiger partial charge < -0.3 is 9.30 Å². The minimum atomic E-state index is -4.82. The second-order valence-corrected chi connectivity index (χ2v) is 9.52. The quantitative estimate of drug-likeness (QED) is 0.291. The summed E-state index contributed by atoms with van der Waals surface area (Å²) in [4.78, 5) is 35.3. The summed E-state index contributed by atoms with van der Waals surface area (Å²) >= 11 is 0.888. The van der Waals surface area contributed by atoms with Crippen LogP contribution in [-0.4, -0.2) is 30.8 Å². The van der Waals surface area contributed by atoms with Crippen molar-refractivity contribution in [3.8, 4) is 34.0 Å². The van der Waals surface area contributed by atoms with E-state index in [1.54, 1.807) is 0 Å². The van der Waals surface area contributed by atoms with Gasteiger partial charge in [0.25, 0.3) is 5.56 Å². The fourth-order valence-corrected chi connectivity index (χ4v) is 5.57. The van der Waals surface area contributed by atoms with Gasteiger partial charge in [-0.15, -0.1) is 11.3 Å². The van der Waals surface area contributed by atoms with Gasteiger partial charge >= 0.3 is 11.9 Å². The van der Waals surface area contributed by atoms with E-state index in [9.17, 15) is 37.7 Å². The van der Waals surface area contributed by atoms with Crippen molar-refractivity contribution in [3.63, 3.8) is 0 Å². The molecule has 0 radical (unpaired) electrons. The maximum Gasteiger partial charge on any atom is 0.449 e. The van der Waals surface area contributed by atoms with Crippen LogP contribution in [0.1, 0.15) is 17.8 Å². The number of halogens is 4. The van der Waals surface area contributed by atoms with E-state index in [-0.39, 0.29) is 56.8 Å². The first-order valence-corrected chi connectivity index (χ1v) is 12.2. The lowest BCUT2D eigenvalue weighted by atomic mass is 10.1. The van der Waals surface area contributed by atoms with Crippen LogP contribution in [0.4, 0.5) is 17.6 Å². The zero-order chi connectivity index (χ0) is 28.9. The first-order chi connectivity index (χ1) is 19.0. The Hall–Kier alpha value is -5.02. The highest BCUT2D eigenvalue weighted by Gasteiger charge is 2.37. The molecule has 0 aliphatic carbocycles. The Labute approximate surface area is 225 Å². The molecule has 10 nitrogen and oxygen atoms in total. The van der Waals surface area contributed by atoms with E-state index < -0.39 is 29.1 Å². The molecule has 0 fully saturated rings. The summed E-state index contributed by atoms with van der Waals surface area (Å²) in [6, 6.07) is 7.54. The zero-order valence-electron chi connectivity index (χ0n) is 20.6. The number of pyridine rings is 1. The lowest BCUT2D eigenvalue weighted by Crippen LogP contribution is -2.38. The van der Waals surface area contributed by atoms with Crippen molar-refractivity contribution in [3.05, 3.63) is 68.6 Å². The molecule has 5 rings (SSSR count). The predicted molar refractivity (Wildman–Crippen MR) is 136 cm³/mol. The van der Waals surface area contributed by atoms with E-state index in [2.05, 4.69) is 9.97 Å². The van der Waals surface area contributed by atoms with Gasteiger partial charge in [-0.25, -0.2) is 18.7 Å². The summed E-state index contributed by atoms with van der Waals surface area (Å²) in [5.74, 6) is -2.17. The van der Waals surface area contributed by atoms with Gasteiger partial charge in [0.1, 0.15) is 10.2 Å². The van der Waals surface area contributed by atoms with E-state index >= 15 is 0 Å². The number of benzene rings is 1. The number of hydrogen-bond donors (Lipinski definition) is 0. The third-order valence-corrected chi connectivity index (χ3v) is 7.35. The number of nitriles is 2. The molecule has 0 spiro atoms. The van der Waals surface area contributed by atoms with Crippen LogP contribution >= 0.6 is 11.3 Å². The molecule has 0 unspecified atom stereocenters. The lowest BCUT2D eigenvalue weighted by Gasteiger charge is -2.12. The van der Waals surface area contributed by atoms with Crippen LogP contribution in [0.5, 0.6) is 5.75 Å². The smallest absolute Gasteiger partial charge is 0.449 e. The molecule has 202 valence electrons. The van der Waals surface area contributed by atoms with E-state index in [4.69, 9.17) is 4.74 Å². The molecule has 0 saturated carbocycles. The summed E-state index contributed by atoms with van der Waals surface area (Å²) in [6.07, 6.45) is -2.77. The van der Waals surface area contributed by atoms with Gasteiger partial charge in [0, 0.05) is 24.0 Å². The average molecular weight is 570 g/mol. The highest BCUT2D eigenvalue weighted by atomic mass is 32.1.